The van der Waals surface area contributed by atoms with Crippen molar-refractivity contribution in [1.29, 1.82) is 0 Å². The van der Waals surface area contributed by atoms with Gasteiger partial charge in [-0.25, -0.2) is 0 Å². The molecule has 0 rings (SSSR count). The van der Waals surface area contributed by atoms with E-state index in [4.69, 9.17) is 10.2 Å². The molecule has 0 unspecified atom stereocenters. The molecular formula is C5H8O4. The molecule has 0 fully saturated rings. The summed E-state index contributed by atoms with van der Waals surface area (Å²) in [6.07, 6.45) is -1.54. The lowest BCUT2D eigenvalue weighted by molar-refractivity contribution is -0.141. The molecule has 0 spiro atoms. The molecule has 0 bridgehead atoms. The van der Waals surface area contributed by atoms with Crippen molar-refractivity contribution in [1.82, 2.24) is 0 Å². The van der Waals surface area contributed by atoms with Crippen LogP contribution in [0.4, 0.5) is 0 Å². The maximum Gasteiger partial charge on any atom is 0.228 e. The van der Waals surface area contributed by atoms with Crippen molar-refractivity contribution in [3.05, 3.63) is 0 Å². The molecule has 2 N–H and O–H groups in total. The first-order chi connectivity index (χ1) is 4.09. The van der Waals surface area contributed by atoms with Gasteiger partial charge >= 0.3 is 0 Å². The van der Waals surface area contributed by atoms with Gasteiger partial charge in [-0.1, -0.05) is 0 Å². The summed E-state index contributed by atoms with van der Waals surface area (Å²) >= 11 is 0. The van der Waals surface area contributed by atoms with E-state index in [2.05, 4.69) is 0 Å². The van der Waals surface area contributed by atoms with Gasteiger partial charge in [0.05, 0.1) is 6.61 Å². The summed E-state index contributed by atoms with van der Waals surface area (Å²) in [6, 6.07) is 0. The summed E-state index contributed by atoms with van der Waals surface area (Å²) < 4.78 is 0. The van der Waals surface area contributed by atoms with Gasteiger partial charge in [0, 0.05) is 6.92 Å². The lowest BCUT2D eigenvalue weighted by Crippen LogP contribution is -2.29. The smallest absolute Gasteiger partial charge is 0.228 e. The Hall–Kier alpha value is -0.740. The molecule has 0 saturated heterocycles. The molecule has 0 aliphatic heterocycles. The summed E-state index contributed by atoms with van der Waals surface area (Å²) in [5, 5.41) is 16.6. The van der Waals surface area contributed by atoms with E-state index in [0.717, 1.165) is 6.92 Å². The second-order valence-electron chi connectivity index (χ2n) is 1.62. The molecule has 0 saturated carbocycles. The van der Waals surface area contributed by atoms with Crippen LogP contribution < -0.4 is 0 Å². The van der Waals surface area contributed by atoms with Crippen molar-refractivity contribution in [2.75, 3.05) is 6.61 Å². The minimum Gasteiger partial charge on any atom is -0.393 e. The van der Waals surface area contributed by atoms with Gasteiger partial charge in [-0.2, -0.15) is 0 Å². The standard InChI is InChI=1S/C5H8O4/c1-3(7)5(9)4(8)2-6/h4,6,8H,2H2,1H3/t4-/m0/s1/i1+1. The number of aliphatic hydroxyl groups excluding tert-OH is 2. The molecule has 52 valence electrons. The van der Waals surface area contributed by atoms with Gasteiger partial charge in [-0.15, -0.1) is 0 Å². The fourth-order valence-corrected chi connectivity index (χ4v) is 0.318. The molecule has 0 aromatic heterocycles. The fraction of sp³-hybridized carbons (Fsp3) is 0.600. The molecular weight excluding hydrogens is 125 g/mol. The molecule has 1 atom stereocenters. The molecule has 9 heavy (non-hydrogen) atoms. The summed E-state index contributed by atoms with van der Waals surface area (Å²) in [7, 11) is 0. The van der Waals surface area contributed by atoms with Gasteiger partial charge in [0.25, 0.3) is 0 Å². The lowest BCUT2D eigenvalue weighted by Gasteiger charge is -1.99. The van der Waals surface area contributed by atoms with E-state index in [1.807, 2.05) is 0 Å². The SMILES string of the molecule is [13CH3]C(=O)C(=O)[C@@H](O)CO. The minimum atomic E-state index is -1.54. The van der Waals surface area contributed by atoms with Crippen molar-refractivity contribution < 1.29 is 19.8 Å². The third kappa shape index (κ3) is 2.34. The Kier molecular flexibility index (Phi) is 3.05. The Bertz CT molecular complexity index is 129. The van der Waals surface area contributed by atoms with Gasteiger partial charge in [0.1, 0.15) is 6.10 Å². The molecule has 0 radical (unpaired) electrons. The molecule has 0 aliphatic carbocycles. The van der Waals surface area contributed by atoms with Crippen LogP contribution in [-0.2, 0) is 9.59 Å². The predicted octanol–water partition coefficient (Wildman–Crippen LogP) is -1.50. The van der Waals surface area contributed by atoms with Crippen LogP contribution in [0.15, 0.2) is 0 Å². The highest BCUT2D eigenvalue weighted by molar-refractivity contribution is 6.37. The molecule has 0 aliphatic rings. The third-order valence-electron chi connectivity index (χ3n) is 0.823. The molecule has 4 heteroatoms. The molecule has 0 aromatic rings. The Labute approximate surface area is 52.1 Å². The van der Waals surface area contributed by atoms with E-state index < -0.39 is 24.3 Å². The van der Waals surface area contributed by atoms with E-state index in [1.54, 1.807) is 0 Å². The first-order valence-electron chi connectivity index (χ1n) is 2.43. The average Bonchev–Trinajstić information content (AvgIpc) is 1.84. The van der Waals surface area contributed by atoms with Gasteiger partial charge in [-0.3, -0.25) is 9.59 Å². The number of hydrogen-bond donors (Lipinski definition) is 2. The maximum absolute atomic E-state index is 10.3. The largest absolute Gasteiger partial charge is 0.393 e. The Morgan fingerprint density at radius 2 is 2.00 bits per heavy atom. The topological polar surface area (TPSA) is 74.6 Å². The first kappa shape index (κ1) is 8.26. The number of carbonyl (C=O) groups excluding carboxylic acids is 2. The fourth-order valence-electron chi connectivity index (χ4n) is 0.318. The van der Waals surface area contributed by atoms with E-state index in [0.29, 0.717) is 0 Å². The van der Waals surface area contributed by atoms with Crippen LogP contribution in [-0.4, -0.2) is 34.5 Å². The zero-order chi connectivity index (χ0) is 7.44. The summed E-state index contributed by atoms with van der Waals surface area (Å²) in [5.74, 6) is -1.69. The highest BCUT2D eigenvalue weighted by atomic mass is 16.3. The van der Waals surface area contributed by atoms with Crippen LogP contribution in [0.5, 0.6) is 0 Å². The van der Waals surface area contributed by atoms with E-state index in [1.165, 1.54) is 0 Å². The average molecular weight is 133 g/mol. The van der Waals surface area contributed by atoms with E-state index in [9.17, 15) is 9.59 Å². The minimum absolute atomic E-state index is 0.696. The summed E-state index contributed by atoms with van der Waals surface area (Å²) in [4.78, 5) is 20.4. The summed E-state index contributed by atoms with van der Waals surface area (Å²) in [5.41, 5.74) is 0. The molecule has 0 heterocycles. The van der Waals surface area contributed by atoms with Crippen LogP contribution in [0.1, 0.15) is 6.92 Å². The number of ketones is 2. The number of carbonyl (C=O) groups is 2. The highest BCUT2D eigenvalue weighted by Crippen LogP contribution is 1.84. The second kappa shape index (κ2) is 3.32. The van der Waals surface area contributed by atoms with Gasteiger partial charge in [0.15, 0.2) is 5.78 Å². The third-order valence-corrected chi connectivity index (χ3v) is 0.823. The quantitative estimate of drug-likeness (QED) is 0.363. The van der Waals surface area contributed by atoms with Crippen molar-refractivity contribution in [3.8, 4) is 0 Å². The second-order valence-corrected chi connectivity index (χ2v) is 1.62. The first-order valence-corrected chi connectivity index (χ1v) is 2.43. The lowest BCUT2D eigenvalue weighted by atomic mass is 10.2. The van der Waals surface area contributed by atoms with Crippen molar-refractivity contribution in [3.63, 3.8) is 0 Å². The Morgan fingerprint density at radius 1 is 1.56 bits per heavy atom. The number of aliphatic hydroxyl groups is 2. The molecule has 0 aromatic carbocycles. The monoisotopic (exact) mass is 133 g/mol. The zero-order valence-electron chi connectivity index (χ0n) is 5.00. The molecule has 4 nitrogen and oxygen atoms in total. The normalized spacial score (nSPS) is 12.8. The summed E-state index contributed by atoms with van der Waals surface area (Å²) in [6.45, 7) is 0.347. The van der Waals surface area contributed by atoms with Crippen LogP contribution >= 0.6 is 0 Å². The zero-order valence-corrected chi connectivity index (χ0v) is 5.00. The van der Waals surface area contributed by atoms with Crippen molar-refractivity contribution in [2.45, 2.75) is 13.0 Å². The van der Waals surface area contributed by atoms with Crippen molar-refractivity contribution in [2.24, 2.45) is 0 Å². The Morgan fingerprint density at radius 3 is 2.11 bits per heavy atom. The number of Topliss-reactive ketones (excluding diaryl/α,β-unsaturated/α-hetero) is 2. The van der Waals surface area contributed by atoms with E-state index >= 15 is 0 Å². The Balaban J connectivity index is 3.88. The van der Waals surface area contributed by atoms with E-state index in [-0.39, 0.29) is 0 Å². The van der Waals surface area contributed by atoms with Crippen LogP contribution in [0.3, 0.4) is 0 Å². The highest BCUT2D eigenvalue weighted by Gasteiger charge is 2.17. The predicted molar refractivity (Wildman–Crippen MR) is 28.8 cm³/mol. The van der Waals surface area contributed by atoms with Gasteiger partial charge in [-0.05, 0) is 0 Å². The van der Waals surface area contributed by atoms with Crippen LogP contribution in [0.25, 0.3) is 0 Å². The molecule has 0 amide bonds. The van der Waals surface area contributed by atoms with Gasteiger partial charge < -0.3 is 10.2 Å². The van der Waals surface area contributed by atoms with Crippen molar-refractivity contribution >= 4 is 11.6 Å². The van der Waals surface area contributed by atoms with Gasteiger partial charge in [0.2, 0.25) is 5.78 Å². The maximum atomic E-state index is 10.3. The van der Waals surface area contributed by atoms with Crippen LogP contribution in [0, 0.1) is 0 Å². The number of rotatable bonds is 3. The number of hydrogen-bond acceptors (Lipinski definition) is 4. The van der Waals surface area contributed by atoms with Crippen LogP contribution in [0.2, 0.25) is 0 Å².